The maximum atomic E-state index is 5.88. The summed E-state index contributed by atoms with van der Waals surface area (Å²) in [5, 5.41) is 3.17. The van der Waals surface area contributed by atoms with Crippen molar-refractivity contribution in [1.29, 1.82) is 0 Å². The molecule has 0 radical (unpaired) electrons. The molecule has 1 saturated carbocycles. The Kier molecular flexibility index (Phi) is 9.14. The van der Waals surface area contributed by atoms with Crippen LogP contribution in [0.1, 0.15) is 24.8 Å². The third kappa shape index (κ3) is 6.35. The molecule has 0 atom stereocenters. The minimum atomic E-state index is 0. The van der Waals surface area contributed by atoms with E-state index in [0.717, 1.165) is 18.0 Å². The first-order chi connectivity index (χ1) is 10.3. The Morgan fingerprint density at radius 1 is 1.45 bits per heavy atom. The monoisotopic (exact) mass is 420 g/mol. The SMILES string of the molecule is COCCOc1ncccc1CN=C(N)NCC1CCC1.I. The van der Waals surface area contributed by atoms with Crippen molar-refractivity contribution in [3.05, 3.63) is 23.9 Å². The van der Waals surface area contributed by atoms with Gasteiger partial charge < -0.3 is 20.5 Å². The summed E-state index contributed by atoms with van der Waals surface area (Å²) in [6.07, 6.45) is 5.62. The second kappa shape index (κ2) is 10.6. The fraction of sp³-hybridized carbons (Fsp3) is 0.600. The maximum Gasteiger partial charge on any atom is 0.218 e. The van der Waals surface area contributed by atoms with Crippen LogP contribution in [0.4, 0.5) is 0 Å². The molecule has 1 aliphatic rings. The molecule has 2 rings (SSSR count). The Labute approximate surface area is 148 Å². The molecule has 0 unspecified atom stereocenters. The molecule has 7 heteroatoms. The Balaban J connectivity index is 0.00000242. The second-order valence-corrected chi connectivity index (χ2v) is 5.19. The topological polar surface area (TPSA) is 81.8 Å². The first-order valence-electron chi connectivity index (χ1n) is 7.39. The van der Waals surface area contributed by atoms with Crippen molar-refractivity contribution in [3.63, 3.8) is 0 Å². The van der Waals surface area contributed by atoms with Crippen molar-refractivity contribution in [1.82, 2.24) is 10.3 Å². The summed E-state index contributed by atoms with van der Waals surface area (Å²) in [5.74, 6) is 1.82. The highest BCUT2D eigenvalue weighted by molar-refractivity contribution is 14.0. The number of hydrogen-bond donors (Lipinski definition) is 2. The van der Waals surface area contributed by atoms with Crippen LogP contribution in [0.15, 0.2) is 23.3 Å². The van der Waals surface area contributed by atoms with E-state index in [9.17, 15) is 0 Å². The molecule has 6 nitrogen and oxygen atoms in total. The van der Waals surface area contributed by atoms with E-state index in [4.69, 9.17) is 15.2 Å². The molecule has 124 valence electrons. The number of hydrogen-bond acceptors (Lipinski definition) is 4. The van der Waals surface area contributed by atoms with Gasteiger partial charge in [-0.3, -0.25) is 0 Å². The normalized spacial score (nSPS) is 14.9. The molecule has 1 heterocycles. The first kappa shape index (κ1) is 19.0. The van der Waals surface area contributed by atoms with Gasteiger partial charge in [0.15, 0.2) is 5.96 Å². The fourth-order valence-corrected chi connectivity index (χ4v) is 2.07. The second-order valence-electron chi connectivity index (χ2n) is 5.19. The molecule has 1 fully saturated rings. The summed E-state index contributed by atoms with van der Waals surface area (Å²) in [6, 6.07) is 3.81. The quantitative estimate of drug-likeness (QED) is 0.291. The summed E-state index contributed by atoms with van der Waals surface area (Å²) in [7, 11) is 1.64. The van der Waals surface area contributed by atoms with E-state index < -0.39 is 0 Å². The number of aromatic nitrogens is 1. The number of halogens is 1. The molecular weight excluding hydrogens is 395 g/mol. The Morgan fingerprint density at radius 3 is 2.95 bits per heavy atom. The van der Waals surface area contributed by atoms with Crippen molar-refractivity contribution >= 4 is 29.9 Å². The van der Waals surface area contributed by atoms with E-state index in [-0.39, 0.29) is 24.0 Å². The van der Waals surface area contributed by atoms with Crippen LogP contribution in [0.3, 0.4) is 0 Å². The van der Waals surface area contributed by atoms with Crippen LogP contribution in [0.2, 0.25) is 0 Å². The average molecular weight is 420 g/mol. The average Bonchev–Trinajstić information content (AvgIpc) is 2.45. The van der Waals surface area contributed by atoms with Gasteiger partial charge in [0.1, 0.15) is 6.61 Å². The third-order valence-electron chi connectivity index (χ3n) is 3.59. The minimum Gasteiger partial charge on any atom is -0.475 e. The highest BCUT2D eigenvalue weighted by Gasteiger charge is 2.16. The summed E-state index contributed by atoms with van der Waals surface area (Å²) < 4.78 is 10.5. The van der Waals surface area contributed by atoms with Crippen molar-refractivity contribution < 1.29 is 9.47 Å². The molecule has 0 spiro atoms. The summed E-state index contributed by atoms with van der Waals surface area (Å²) >= 11 is 0. The molecule has 0 amide bonds. The molecule has 0 saturated heterocycles. The Morgan fingerprint density at radius 2 is 2.27 bits per heavy atom. The lowest BCUT2D eigenvalue weighted by atomic mass is 9.85. The number of ether oxygens (including phenoxy) is 2. The van der Waals surface area contributed by atoms with Crippen LogP contribution < -0.4 is 15.8 Å². The number of methoxy groups -OCH3 is 1. The van der Waals surface area contributed by atoms with Crippen LogP contribution in [-0.2, 0) is 11.3 Å². The van der Waals surface area contributed by atoms with E-state index >= 15 is 0 Å². The van der Waals surface area contributed by atoms with E-state index in [2.05, 4.69) is 15.3 Å². The fourth-order valence-electron chi connectivity index (χ4n) is 2.07. The van der Waals surface area contributed by atoms with E-state index in [1.54, 1.807) is 13.3 Å². The zero-order chi connectivity index (χ0) is 14.9. The lowest BCUT2D eigenvalue weighted by molar-refractivity contribution is 0.143. The first-order valence-corrected chi connectivity index (χ1v) is 7.39. The Bertz CT molecular complexity index is 467. The minimum absolute atomic E-state index is 0. The van der Waals surface area contributed by atoms with Gasteiger partial charge in [0, 0.05) is 25.4 Å². The lowest BCUT2D eigenvalue weighted by Crippen LogP contribution is -2.37. The number of rotatable bonds is 8. The number of guanidine groups is 1. The Hall–Kier alpha value is -1.09. The molecule has 1 aromatic heterocycles. The number of aliphatic imine (C=N–C) groups is 1. The molecule has 1 aliphatic carbocycles. The van der Waals surface area contributed by atoms with Gasteiger partial charge in [-0.1, -0.05) is 12.5 Å². The van der Waals surface area contributed by atoms with Gasteiger partial charge in [-0.25, -0.2) is 9.98 Å². The summed E-state index contributed by atoms with van der Waals surface area (Å²) in [5.41, 5.74) is 6.80. The molecule has 0 bridgehead atoms. The van der Waals surface area contributed by atoms with Crippen LogP contribution in [0.5, 0.6) is 5.88 Å². The van der Waals surface area contributed by atoms with Gasteiger partial charge in [-0.05, 0) is 24.8 Å². The van der Waals surface area contributed by atoms with Gasteiger partial charge >= 0.3 is 0 Å². The number of pyridine rings is 1. The maximum absolute atomic E-state index is 5.88. The van der Waals surface area contributed by atoms with Crippen molar-refractivity contribution in [3.8, 4) is 5.88 Å². The predicted octanol–water partition coefficient (Wildman–Crippen LogP) is 1.93. The van der Waals surface area contributed by atoms with Crippen LogP contribution in [0, 0.1) is 5.92 Å². The molecular formula is C15H25IN4O2. The molecule has 0 aliphatic heterocycles. The molecule has 22 heavy (non-hydrogen) atoms. The summed E-state index contributed by atoms with van der Waals surface area (Å²) in [4.78, 5) is 8.56. The standard InChI is InChI=1S/C15H24N4O2.HI/c1-20-8-9-21-14-13(6-3-7-17-14)11-19-15(16)18-10-12-4-2-5-12;/h3,6-7,12H,2,4-5,8-11H2,1H3,(H3,16,18,19);1H. The van der Waals surface area contributed by atoms with Gasteiger partial charge in [-0.2, -0.15) is 0 Å². The van der Waals surface area contributed by atoms with Crippen LogP contribution in [-0.4, -0.2) is 37.8 Å². The third-order valence-corrected chi connectivity index (χ3v) is 3.59. The lowest BCUT2D eigenvalue weighted by Gasteiger charge is -2.25. The number of nitrogens with two attached hydrogens (primary N) is 1. The van der Waals surface area contributed by atoms with Crippen molar-refractivity contribution in [2.75, 3.05) is 26.9 Å². The highest BCUT2D eigenvalue weighted by Crippen LogP contribution is 2.25. The van der Waals surface area contributed by atoms with Crippen LogP contribution >= 0.6 is 24.0 Å². The van der Waals surface area contributed by atoms with Gasteiger partial charge in [0.2, 0.25) is 5.88 Å². The van der Waals surface area contributed by atoms with Gasteiger partial charge in [-0.15, -0.1) is 24.0 Å². The van der Waals surface area contributed by atoms with Crippen LogP contribution in [0.25, 0.3) is 0 Å². The largest absolute Gasteiger partial charge is 0.475 e. The van der Waals surface area contributed by atoms with E-state index in [0.29, 0.717) is 31.6 Å². The van der Waals surface area contributed by atoms with Crippen molar-refractivity contribution in [2.45, 2.75) is 25.8 Å². The molecule has 1 aromatic rings. The molecule has 0 aromatic carbocycles. The summed E-state index contributed by atoms with van der Waals surface area (Å²) in [6.45, 7) is 2.38. The van der Waals surface area contributed by atoms with Crippen molar-refractivity contribution in [2.24, 2.45) is 16.6 Å². The number of nitrogens with one attached hydrogen (secondary N) is 1. The molecule has 3 N–H and O–H groups in total. The number of nitrogens with zero attached hydrogens (tertiary/aromatic N) is 2. The highest BCUT2D eigenvalue weighted by atomic mass is 127. The zero-order valence-corrected chi connectivity index (χ0v) is 15.3. The zero-order valence-electron chi connectivity index (χ0n) is 13.0. The van der Waals surface area contributed by atoms with E-state index in [1.807, 2.05) is 12.1 Å². The van der Waals surface area contributed by atoms with Gasteiger partial charge in [0.05, 0.1) is 13.2 Å². The van der Waals surface area contributed by atoms with E-state index in [1.165, 1.54) is 19.3 Å². The predicted molar refractivity (Wildman–Crippen MR) is 97.7 cm³/mol. The smallest absolute Gasteiger partial charge is 0.218 e. The van der Waals surface area contributed by atoms with Gasteiger partial charge in [0.25, 0.3) is 0 Å².